The van der Waals surface area contributed by atoms with E-state index in [-0.39, 0.29) is 5.91 Å². The van der Waals surface area contributed by atoms with Gasteiger partial charge in [-0.1, -0.05) is 13.8 Å². The highest BCUT2D eigenvalue weighted by Crippen LogP contribution is 2.29. The zero-order valence-corrected chi connectivity index (χ0v) is 13.1. The van der Waals surface area contributed by atoms with E-state index < -0.39 is 0 Å². The average Bonchev–Trinajstić information content (AvgIpc) is 2.78. The quantitative estimate of drug-likeness (QED) is 0.817. The number of amides is 1. The Kier molecular flexibility index (Phi) is 4.73. The van der Waals surface area contributed by atoms with Crippen molar-refractivity contribution in [3.8, 4) is 5.75 Å². The first-order valence-electron chi connectivity index (χ1n) is 7.35. The number of anilines is 2. The minimum absolute atomic E-state index is 0.00257. The lowest BCUT2D eigenvalue weighted by molar-refractivity contribution is -0.116. The third-order valence-electron chi connectivity index (χ3n) is 3.91. The molecule has 2 rings (SSSR count). The second kappa shape index (κ2) is 6.35. The number of hydrogen-bond acceptors (Lipinski definition) is 4. The predicted molar refractivity (Wildman–Crippen MR) is 85.5 cm³/mol. The summed E-state index contributed by atoms with van der Waals surface area (Å²) in [6, 6.07) is 5.23. The van der Waals surface area contributed by atoms with Crippen LogP contribution < -0.4 is 15.8 Å². The van der Waals surface area contributed by atoms with Gasteiger partial charge in [0.15, 0.2) is 0 Å². The number of benzene rings is 1. The summed E-state index contributed by atoms with van der Waals surface area (Å²) in [6.45, 7) is 7.47. The Morgan fingerprint density at radius 3 is 2.86 bits per heavy atom. The second-order valence-electron chi connectivity index (χ2n) is 6.45. The van der Waals surface area contributed by atoms with E-state index in [1.165, 1.54) is 6.42 Å². The van der Waals surface area contributed by atoms with Gasteiger partial charge in [-0.15, -0.1) is 0 Å². The Labute approximate surface area is 126 Å². The number of carbonyl (C=O) groups excluding carboxylic acids is 1. The number of nitrogens with two attached hydrogens (primary N) is 1. The minimum atomic E-state index is 0.00257. The molecule has 0 bridgehead atoms. The van der Waals surface area contributed by atoms with Crippen LogP contribution in [0.5, 0.6) is 5.75 Å². The Bertz CT molecular complexity index is 514. The highest BCUT2D eigenvalue weighted by atomic mass is 16.5. The molecule has 21 heavy (non-hydrogen) atoms. The predicted octanol–water partition coefficient (Wildman–Crippen LogP) is 2.34. The molecule has 5 heteroatoms. The number of methoxy groups -OCH3 is 1. The van der Waals surface area contributed by atoms with Gasteiger partial charge in [0.1, 0.15) is 5.75 Å². The Balaban J connectivity index is 1.85. The van der Waals surface area contributed by atoms with Gasteiger partial charge in [0, 0.05) is 31.3 Å². The molecule has 0 spiro atoms. The maximum absolute atomic E-state index is 12.1. The number of ether oxygens (including phenoxy) is 1. The van der Waals surface area contributed by atoms with Gasteiger partial charge in [-0.05, 0) is 30.5 Å². The van der Waals surface area contributed by atoms with E-state index in [4.69, 9.17) is 10.5 Å². The van der Waals surface area contributed by atoms with Crippen LogP contribution in [0.25, 0.3) is 0 Å². The normalized spacial score (nSPS) is 17.7. The number of hydrogen-bond donors (Lipinski definition) is 2. The minimum Gasteiger partial charge on any atom is -0.494 e. The lowest BCUT2D eigenvalue weighted by Crippen LogP contribution is -2.27. The van der Waals surface area contributed by atoms with Gasteiger partial charge in [0.25, 0.3) is 0 Å². The van der Waals surface area contributed by atoms with Crippen molar-refractivity contribution in [1.82, 2.24) is 4.90 Å². The molecule has 0 aromatic heterocycles. The van der Waals surface area contributed by atoms with Crippen LogP contribution in [0, 0.1) is 5.41 Å². The van der Waals surface area contributed by atoms with Crippen molar-refractivity contribution >= 4 is 17.3 Å². The number of nitrogens with one attached hydrogen (secondary N) is 1. The molecular formula is C16H25N3O2. The lowest BCUT2D eigenvalue weighted by atomic mass is 9.93. The molecule has 0 saturated carbocycles. The van der Waals surface area contributed by atoms with Crippen LogP contribution >= 0.6 is 0 Å². The van der Waals surface area contributed by atoms with Crippen molar-refractivity contribution in [3.63, 3.8) is 0 Å². The maximum Gasteiger partial charge on any atom is 0.225 e. The van der Waals surface area contributed by atoms with Gasteiger partial charge < -0.3 is 20.7 Å². The zero-order chi connectivity index (χ0) is 15.5. The summed E-state index contributed by atoms with van der Waals surface area (Å²) in [5.41, 5.74) is 7.35. The van der Waals surface area contributed by atoms with Gasteiger partial charge in [0.05, 0.1) is 12.8 Å². The first-order valence-corrected chi connectivity index (χ1v) is 7.35. The molecule has 0 radical (unpaired) electrons. The van der Waals surface area contributed by atoms with E-state index >= 15 is 0 Å². The van der Waals surface area contributed by atoms with Crippen LogP contribution in [-0.4, -0.2) is 37.6 Å². The smallest absolute Gasteiger partial charge is 0.225 e. The number of nitrogen functional groups attached to an aromatic ring is 1. The van der Waals surface area contributed by atoms with Crippen molar-refractivity contribution in [1.29, 1.82) is 0 Å². The third-order valence-corrected chi connectivity index (χ3v) is 3.91. The molecule has 5 nitrogen and oxygen atoms in total. The fourth-order valence-electron chi connectivity index (χ4n) is 2.70. The molecule has 1 aromatic carbocycles. The molecular weight excluding hydrogens is 266 g/mol. The molecule has 0 aliphatic carbocycles. The Hall–Kier alpha value is -1.75. The summed E-state index contributed by atoms with van der Waals surface area (Å²) in [5.74, 6) is 0.591. The van der Waals surface area contributed by atoms with Crippen molar-refractivity contribution < 1.29 is 9.53 Å². The fourth-order valence-corrected chi connectivity index (χ4v) is 2.70. The number of nitrogens with zero attached hydrogens (tertiary/aromatic N) is 1. The van der Waals surface area contributed by atoms with Gasteiger partial charge in [-0.3, -0.25) is 4.79 Å². The van der Waals surface area contributed by atoms with Crippen LogP contribution in [0.3, 0.4) is 0 Å². The second-order valence-corrected chi connectivity index (χ2v) is 6.45. The van der Waals surface area contributed by atoms with Crippen LogP contribution in [0.4, 0.5) is 11.4 Å². The molecule has 1 heterocycles. The van der Waals surface area contributed by atoms with Gasteiger partial charge in [-0.25, -0.2) is 0 Å². The first kappa shape index (κ1) is 15.6. The van der Waals surface area contributed by atoms with Crippen LogP contribution in [0.15, 0.2) is 18.2 Å². The van der Waals surface area contributed by atoms with E-state index in [1.807, 2.05) is 0 Å². The number of carbonyl (C=O) groups is 1. The summed E-state index contributed by atoms with van der Waals surface area (Å²) >= 11 is 0. The summed E-state index contributed by atoms with van der Waals surface area (Å²) in [5, 5.41) is 2.89. The number of rotatable bonds is 5. The zero-order valence-electron chi connectivity index (χ0n) is 13.1. The number of likely N-dealkylation sites (tertiary alicyclic amines) is 1. The van der Waals surface area contributed by atoms with Crippen LogP contribution in [0.2, 0.25) is 0 Å². The van der Waals surface area contributed by atoms with Crippen molar-refractivity contribution in [2.24, 2.45) is 5.41 Å². The molecule has 116 valence electrons. The van der Waals surface area contributed by atoms with Gasteiger partial charge in [-0.2, -0.15) is 0 Å². The molecule has 0 atom stereocenters. The van der Waals surface area contributed by atoms with Crippen LogP contribution in [-0.2, 0) is 4.79 Å². The highest BCUT2D eigenvalue weighted by molar-refractivity contribution is 5.92. The average molecular weight is 291 g/mol. The first-order chi connectivity index (χ1) is 9.89. The molecule has 3 N–H and O–H groups in total. The molecule has 0 unspecified atom stereocenters. The van der Waals surface area contributed by atoms with Crippen molar-refractivity contribution in [3.05, 3.63) is 18.2 Å². The lowest BCUT2D eigenvalue weighted by Gasteiger charge is -2.19. The SMILES string of the molecule is COc1cc(N)ccc1NC(=O)CCN1CCC(C)(C)C1. The van der Waals surface area contributed by atoms with Gasteiger partial charge in [0.2, 0.25) is 5.91 Å². The van der Waals surface area contributed by atoms with Crippen LogP contribution in [0.1, 0.15) is 26.7 Å². The topological polar surface area (TPSA) is 67.6 Å². The fraction of sp³-hybridized carbons (Fsp3) is 0.562. The summed E-state index contributed by atoms with van der Waals surface area (Å²) in [7, 11) is 1.57. The monoisotopic (exact) mass is 291 g/mol. The summed E-state index contributed by atoms with van der Waals surface area (Å²) in [4.78, 5) is 14.4. The molecule has 1 fully saturated rings. The molecule has 1 saturated heterocycles. The molecule has 1 amide bonds. The third kappa shape index (κ3) is 4.36. The molecule has 1 aliphatic heterocycles. The largest absolute Gasteiger partial charge is 0.494 e. The molecule has 1 aromatic rings. The van der Waals surface area contributed by atoms with Gasteiger partial charge >= 0.3 is 0 Å². The van der Waals surface area contributed by atoms with E-state index in [0.29, 0.717) is 29.0 Å². The Morgan fingerprint density at radius 1 is 1.48 bits per heavy atom. The van der Waals surface area contributed by atoms with E-state index in [9.17, 15) is 4.79 Å². The summed E-state index contributed by atoms with van der Waals surface area (Å²) < 4.78 is 5.23. The van der Waals surface area contributed by atoms with E-state index in [2.05, 4.69) is 24.1 Å². The Morgan fingerprint density at radius 2 is 2.24 bits per heavy atom. The summed E-state index contributed by atoms with van der Waals surface area (Å²) in [6.07, 6.45) is 1.68. The van der Waals surface area contributed by atoms with Crippen molar-refractivity contribution in [2.45, 2.75) is 26.7 Å². The maximum atomic E-state index is 12.1. The standard InChI is InChI=1S/C16H25N3O2/c1-16(2)7-9-19(11-16)8-6-15(20)18-13-5-4-12(17)10-14(13)21-3/h4-5,10H,6-9,11,17H2,1-3H3,(H,18,20). The highest BCUT2D eigenvalue weighted by Gasteiger charge is 2.28. The van der Waals surface area contributed by atoms with Crippen molar-refractivity contribution in [2.75, 3.05) is 37.8 Å². The molecule has 1 aliphatic rings. The van der Waals surface area contributed by atoms with E-state index in [1.54, 1.807) is 25.3 Å². The van der Waals surface area contributed by atoms with E-state index in [0.717, 1.165) is 19.6 Å².